The number of likely N-dealkylation sites (tertiary alicyclic amines) is 1. The predicted octanol–water partition coefficient (Wildman–Crippen LogP) is 2.34. The third-order valence-corrected chi connectivity index (χ3v) is 4.08. The molecule has 0 aliphatic carbocycles. The zero-order chi connectivity index (χ0) is 15.6. The molecule has 2 N–H and O–H groups in total. The number of benzene rings is 1. The second kappa shape index (κ2) is 6.38. The molecule has 1 aromatic carbocycles. The Morgan fingerprint density at radius 2 is 2.05 bits per heavy atom. The van der Waals surface area contributed by atoms with Crippen LogP contribution in [0.4, 0.5) is 13.6 Å². The fourth-order valence-corrected chi connectivity index (χ4v) is 2.58. The number of carbonyl (C=O) groups excluding carboxylic acids is 1. The fourth-order valence-electron chi connectivity index (χ4n) is 2.13. The summed E-state index contributed by atoms with van der Waals surface area (Å²) in [5.74, 6) is -3.44. The summed E-state index contributed by atoms with van der Waals surface area (Å²) in [5.41, 5.74) is 0.399. The van der Waals surface area contributed by atoms with Crippen LogP contribution in [0.3, 0.4) is 0 Å². The molecule has 0 saturated carbocycles. The van der Waals surface area contributed by atoms with Crippen molar-refractivity contribution in [2.45, 2.75) is 13.0 Å². The molecular formula is C13H13BrF2N2O3. The van der Waals surface area contributed by atoms with Crippen molar-refractivity contribution in [2.24, 2.45) is 5.92 Å². The molecule has 114 valence electrons. The van der Waals surface area contributed by atoms with Gasteiger partial charge < -0.3 is 15.3 Å². The number of aliphatic carboxylic acids is 1. The van der Waals surface area contributed by atoms with Crippen molar-refractivity contribution >= 4 is 27.9 Å². The van der Waals surface area contributed by atoms with Gasteiger partial charge in [0.1, 0.15) is 0 Å². The van der Waals surface area contributed by atoms with E-state index in [-0.39, 0.29) is 13.1 Å². The molecule has 0 aromatic heterocycles. The fraction of sp³-hybridized carbons (Fsp3) is 0.385. The minimum absolute atomic E-state index is 0.0187. The van der Waals surface area contributed by atoms with E-state index in [9.17, 15) is 18.4 Å². The minimum Gasteiger partial charge on any atom is -0.481 e. The summed E-state index contributed by atoms with van der Waals surface area (Å²) in [6.45, 7) is 0.534. The Kier molecular flexibility index (Phi) is 4.76. The molecule has 0 radical (unpaired) electrons. The minimum atomic E-state index is -0.991. The van der Waals surface area contributed by atoms with Gasteiger partial charge in [-0.1, -0.05) is 15.9 Å². The van der Waals surface area contributed by atoms with Crippen LogP contribution in [0.5, 0.6) is 0 Å². The topological polar surface area (TPSA) is 69.6 Å². The number of hydrogen-bond acceptors (Lipinski definition) is 2. The molecule has 5 nitrogen and oxygen atoms in total. The third kappa shape index (κ3) is 3.69. The number of carboxylic acid groups (broad SMARTS) is 1. The largest absolute Gasteiger partial charge is 0.481 e. The summed E-state index contributed by atoms with van der Waals surface area (Å²) in [5, 5.41) is 11.4. The van der Waals surface area contributed by atoms with Gasteiger partial charge in [-0.25, -0.2) is 13.6 Å². The predicted molar refractivity (Wildman–Crippen MR) is 73.6 cm³/mol. The van der Waals surface area contributed by atoms with Crippen LogP contribution in [0.1, 0.15) is 12.0 Å². The van der Waals surface area contributed by atoms with E-state index in [1.165, 1.54) is 4.90 Å². The molecule has 1 aliphatic rings. The highest BCUT2D eigenvalue weighted by atomic mass is 79.9. The molecule has 1 atom stereocenters. The maximum atomic E-state index is 13.1. The van der Waals surface area contributed by atoms with Crippen LogP contribution in [0.2, 0.25) is 0 Å². The highest BCUT2D eigenvalue weighted by molar-refractivity contribution is 9.10. The molecule has 1 heterocycles. The van der Waals surface area contributed by atoms with E-state index < -0.39 is 29.6 Å². The maximum Gasteiger partial charge on any atom is 0.317 e. The second-order valence-electron chi connectivity index (χ2n) is 4.79. The van der Waals surface area contributed by atoms with Gasteiger partial charge in [0.25, 0.3) is 0 Å². The first-order chi connectivity index (χ1) is 9.88. The Labute approximate surface area is 128 Å². The molecular weight excluding hydrogens is 350 g/mol. The van der Waals surface area contributed by atoms with Crippen LogP contribution in [-0.4, -0.2) is 35.1 Å². The molecule has 2 amide bonds. The summed E-state index contributed by atoms with van der Waals surface area (Å²) >= 11 is 3.09. The van der Waals surface area contributed by atoms with E-state index in [0.29, 0.717) is 23.0 Å². The van der Waals surface area contributed by atoms with Gasteiger partial charge in [-0.05, 0) is 24.1 Å². The lowest BCUT2D eigenvalue weighted by molar-refractivity contribution is -0.141. The van der Waals surface area contributed by atoms with Gasteiger partial charge >= 0.3 is 12.0 Å². The summed E-state index contributed by atoms with van der Waals surface area (Å²) in [4.78, 5) is 24.1. The van der Waals surface area contributed by atoms with Gasteiger partial charge in [-0.3, -0.25) is 4.79 Å². The number of halogens is 3. The Balaban J connectivity index is 1.93. The Hall–Kier alpha value is -1.70. The number of carboxylic acids is 1. The smallest absolute Gasteiger partial charge is 0.317 e. The Morgan fingerprint density at radius 3 is 2.67 bits per heavy atom. The average Bonchev–Trinajstić information content (AvgIpc) is 2.91. The lowest BCUT2D eigenvalue weighted by Gasteiger charge is -2.17. The van der Waals surface area contributed by atoms with E-state index >= 15 is 0 Å². The summed E-state index contributed by atoms with van der Waals surface area (Å²) in [7, 11) is 0. The second-order valence-corrected chi connectivity index (χ2v) is 5.64. The molecule has 1 aromatic rings. The van der Waals surface area contributed by atoms with Gasteiger partial charge in [0.05, 0.1) is 5.92 Å². The monoisotopic (exact) mass is 362 g/mol. The van der Waals surface area contributed by atoms with Crippen molar-refractivity contribution in [1.82, 2.24) is 10.2 Å². The molecule has 0 spiro atoms. The summed E-state index contributed by atoms with van der Waals surface area (Å²) in [6, 6.07) is 1.58. The maximum absolute atomic E-state index is 13.1. The van der Waals surface area contributed by atoms with Gasteiger partial charge in [0.15, 0.2) is 11.6 Å². The zero-order valence-corrected chi connectivity index (χ0v) is 12.5. The van der Waals surface area contributed by atoms with Crippen LogP contribution < -0.4 is 5.32 Å². The number of nitrogens with one attached hydrogen (secondary N) is 1. The quantitative estimate of drug-likeness (QED) is 0.810. The zero-order valence-electron chi connectivity index (χ0n) is 10.9. The SMILES string of the molecule is O=C(O)C1CCN(C(=O)NCc2cc(F)c(F)cc2Br)C1. The van der Waals surface area contributed by atoms with Crippen molar-refractivity contribution in [1.29, 1.82) is 0 Å². The van der Waals surface area contributed by atoms with Gasteiger partial charge in [-0.15, -0.1) is 0 Å². The molecule has 1 unspecified atom stereocenters. The lowest BCUT2D eigenvalue weighted by Crippen LogP contribution is -2.38. The van der Waals surface area contributed by atoms with Gasteiger partial charge in [0, 0.05) is 24.1 Å². The Morgan fingerprint density at radius 1 is 1.38 bits per heavy atom. The van der Waals surface area contributed by atoms with Gasteiger partial charge in [0.2, 0.25) is 0 Å². The van der Waals surface area contributed by atoms with Crippen molar-refractivity contribution in [3.05, 3.63) is 33.8 Å². The molecule has 1 fully saturated rings. The normalized spacial score (nSPS) is 17.9. The molecule has 1 saturated heterocycles. The average molecular weight is 363 g/mol. The number of rotatable bonds is 3. The molecule has 2 rings (SSSR count). The van der Waals surface area contributed by atoms with E-state index in [2.05, 4.69) is 21.2 Å². The van der Waals surface area contributed by atoms with E-state index in [4.69, 9.17) is 5.11 Å². The number of amides is 2. The Bertz CT molecular complexity index is 583. The van der Waals surface area contributed by atoms with E-state index in [1.54, 1.807) is 0 Å². The highest BCUT2D eigenvalue weighted by Crippen LogP contribution is 2.21. The number of carbonyl (C=O) groups is 2. The molecule has 0 bridgehead atoms. The van der Waals surface area contributed by atoms with Crippen LogP contribution in [-0.2, 0) is 11.3 Å². The van der Waals surface area contributed by atoms with Crippen LogP contribution in [0.25, 0.3) is 0 Å². The summed E-state index contributed by atoms with van der Waals surface area (Å²) in [6.07, 6.45) is 0.414. The van der Waals surface area contributed by atoms with Crippen molar-refractivity contribution in [3.8, 4) is 0 Å². The summed E-state index contributed by atoms with van der Waals surface area (Å²) < 4.78 is 26.5. The third-order valence-electron chi connectivity index (χ3n) is 3.34. The molecule has 21 heavy (non-hydrogen) atoms. The van der Waals surface area contributed by atoms with E-state index in [1.807, 2.05) is 0 Å². The van der Waals surface area contributed by atoms with E-state index in [0.717, 1.165) is 12.1 Å². The first kappa shape index (κ1) is 15.7. The first-order valence-corrected chi connectivity index (χ1v) is 7.06. The number of hydrogen-bond donors (Lipinski definition) is 2. The van der Waals surface area contributed by atoms with Crippen molar-refractivity contribution < 1.29 is 23.5 Å². The number of urea groups is 1. The first-order valence-electron chi connectivity index (χ1n) is 6.27. The number of nitrogens with zero attached hydrogens (tertiary/aromatic N) is 1. The molecule has 1 aliphatic heterocycles. The molecule has 8 heteroatoms. The van der Waals surface area contributed by atoms with Crippen LogP contribution in [0.15, 0.2) is 16.6 Å². The van der Waals surface area contributed by atoms with Crippen molar-refractivity contribution in [3.63, 3.8) is 0 Å². The highest BCUT2D eigenvalue weighted by Gasteiger charge is 2.30. The van der Waals surface area contributed by atoms with Crippen molar-refractivity contribution in [2.75, 3.05) is 13.1 Å². The standard InChI is InChI=1S/C13H13BrF2N2O3/c14-9-4-11(16)10(15)3-8(9)5-17-13(21)18-2-1-7(6-18)12(19)20/h3-4,7H,1-2,5-6H2,(H,17,21)(H,19,20). The lowest BCUT2D eigenvalue weighted by atomic mass is 10.1. The van der Waals surface area contributed by atoms with Crippen LogP contribution in [0, 0.1) is 17.6 Å². The van der Waals surface area contributed by atoms with Crippen LogP contribution >= 0.6 is 15.9 Å². The van der Waals surface area contributed by atoms with Gasteiger partial charge in [-0.2, -0.15) is 0 Å².